The van der Waals surface area contributed by atoms with Crippen molar-refractivity contribution in [1.82, 2.24) is 19.8 Å². The zero-order valence-electron chi connectivity index (χ0n) is 23.8. The fourth-order valence-corrected chi connectivity index (χ4v) is 6.78. The number of rotatable bonds is 8. The molecule has 2 aliphatic rings. The molecule has 0 spiro atoms. The molecular weight excluding hydrogens is 545 g/mol. The molecule has 0 radical (unpaired) electrons. The number of ether oxygens (including phenoxy) is 1. The third-order valence-electron chi connectivity index (χ3n) is 7.81. The molecule has 9 nitrogen and oxygen atoms in total. The van der Waals surface area contributed by atoms with Crippen molar-refractivity contribution in [3.8, 4) is 5.75 Å². The zero-order chi connectivity index (χ0) is 28.3. The van der Waals surface area contributed by atoms with Gasteiger partial charge in [-0.1, -0.05) is 23.7 Å². The van der Waals surface area contributed by atoms with E-state index in [2.05, 4.69) is 54.5 Å². The summed E-state index contributed by atoms with van der Waals surface area (Å²) in [7, 11) is 1.63. The highest BCUT2D eigenvalue weighted by Crippen LogP contribution is 2.47. The van der Waals surface area contributed by atoms with Gasteiger partial charge in [0, 0.05) is 57.1 Å². The van der Waals surface area contributed by atoms with Gasteiger partial charge < -0.3 is 25.2 Å². The van der Waals surface area contributed by atoms with Crippen molar-refractivity contribution in [3.05, 3.63) is 53.7 Å². The molecular formula is C29H40ClN7O2P+. The second-order valence-electron chi connectivity index (χ2n) is 11.0. The Bertz CT molecular complexity index is 1310. The summed E-state index contributed by atoms with van der Waals surface area (Å²) in [4.78, 5) is 27.2. The summed E-state index contributed by atoms with van der Waals surface area (Å²) >= 11 is 6.44. The van der Waals surface area contributed by atoms with Crippen molar-refractivity contribution in [3.63, 3.8) is 0 Å². The normalized spacial score (nSPS) is 17.6. The minimum atomic E-state index is -2.25. The minimum absolute atomic E-state index is 0.386. The number of anilines is 5. The summed E-state index contributed by atoms with van der Waals surface area (Å²) in [6.07, 6.45) is 3.92. The van der Waals surface area contributed by atoms with Gasteiger partial charge in [0.05, 0.1) is 38.0 Å². The maximum atomic E-state index is 10.7. The van der Waals surface area contributed by atoms with Crippen molar-refractivity contribution in [2.24, 2.45) is 0 Å². The number of aromatic nitrogens is 2. The Kier molecular flexibility index (Phi) is 8.98. The van der Waals surface area contributed by atoms with Crippen molar-refractivity contribution in [2.45, 2.75) is 18.9 Å². The predicted molar refractivity (Wildman–Crippen MR) is 168 cm³/mol. The molecule has 0 saturated carbocycles. The first-order valence-electron chi connectivity index (χ1n) is 13.8. The van der Waals surface area contributed by atoms with E-state index in [-0.39, 0.29) is 0 Å². The third kappa shape index (κ3) is 6.78. The Morgan fingerprint density at radius 1 is 0.975 bits per heavy atom. The number of piperazine rings is 1. The highest BCUT2D eigenvalue weighted by Gasteiger charge is 2.29. The first-order chi connectivity index (χ1) is 19.2. The van der Waals surface area contributed by atoms with E-state index >= 15 is 0 Å². The van der Waals surface area contributed by atoms with Gasteiger partial charge in [-0.25, -0.2) is 9.88 Å². The molecule has 0 unspecified atom stereocenters. The number of hydrogen-bond acceptors (Lipinski definition) is 9. The highest BCUT2D eigenvalue weighted by atomic mass is 35.5. The highest BCUT2D eigenvalue weighted by molar-refractivity contribution is 7.76. The van der Waals surface area contributed by atoms with Crippen LogP contribution in [0.5, 0.6) is 5.75 Å². The second-order valence-corrected chi connectivity index (χ2v) is 14.7. The van der Waals surface area contributed by atoms with Crippen LogP contribution in [0.2, 0.25) is 5.02 Å². The van der Waals surface area contributed by atoms with E-state index in [9.17, 15) is 4.89 Å². The lowest BCUT2D eigenvalue weighted by molar-refractivity contribution is 0.0982. The lowest BCUT2D eigenvalue weighted by atomic mass is 10.0. The first-order valence-corrected chi connectivity index (χ1v) is 16.8. The fourth-order valence-electron chi connectivity index (χ4n) is 5.48. The maximum absolute atomic E-state index is 10.7. The van der Waals surface area contributed by atoms with Crippen LogP contribution in [0.1, 0.15) is 12.8 Å². The average molecular weight is 585 g/mol. The smallest absolute Gasteiger partial charge is 0.229 e. The SMILES string of the molecule is COc1cc(N2CCC(N3CCN(C)CC3)CC2)ccc1Nc1ncc(Cl)c(Nc2ccccc2[P+](C)(C)O)n1. The van der Waals surface area contributed by atoms with Gasteiger partial charge in [0.1, 0.15) is 16.1 Å². The average Bonchev–Trinajstić information content (AvgIpc) is 2.95. The quantitative estimate of drug-likeness (QED) is 0.327. The molecule has 0 aliphatic carbocycles. The Morgan fingerprint density at radius 2 is 1.70 bits per heavy atom. The van der Waals surface area contributed by atoms with Gasteiger partial charge in [-0.05, 0) is 44.2 Å². The first kappa shape index (κ1) is 28.8. The molecule has 2 fully saturated rings. The topological polar surface area (TPSA) is 89.0 Å². The summed E-state index contributed by atoms with van der Waals surface area (Å²) < 4.78 is 5.75. The number of para-hydroxylation sites is 1. The standard InChI is InChI=1S/C29H40ClN7O2P/c1-35-15-17-37(18-16-35)21-11-13-36(14-12-21)22-9-10-24(26(19-22)39-2)33-29-31-20-23(30)28(34-29)32-25-7-5-6-8-27(25)40(3,4)38/h5-10,19-21,38H,11-18H2,1-4H3,(H2,31,32,33,34)/q+1. The molecule has 5 rings (SSSR count). The van der Waals surface area contributed by atoms with Crippen LogP contribution in [0, 0.1) is 0 Å². The molecule has 3 heterocycles. The van der Waals surface area contributed by atoms with E-state index in [1.54, 1.807) is 13.3 Å². The van der Waals surface area contributed by atoms with Crippen LogP contribution in [0.15, 0.2) is 48.7 Å². The van der Waals surface area contributed by atoms with E-state index in [0.717, 1.165) is 54.3 Å². The molecule has 2 aromatic carbocycles. The number of halogens is 1. The number of methoxy groups -OCH3 is 1. The summed E-state index contributed by atoms with van der Waals surface area (Å²) in [6.45, 7) is 10.5. The number of nitrogens with one attached hydrogen (secondary N) is 2. The van der Waals surface area contributed by atoms with Crippen molar-refractivity contribution < 1.29 is 9.63 Å². The summed E-state index contributed by atoms with van der Waals surface area (Å²) in [5, 5.41) is 7.81. The number of likely N-dealkylation sites (N-methyl/N-ethyl adjacent to an activating group) is 1. The maximum Gasteiger partial charge on any atom is 0.229 e. The largest absolute Gasteiger partial charge is 0.494 e. The Morgan fingerprint density at radius 3 is 2.40 bits per heavy atom. The zero-order valence-corrected chi connectivity index (χ0v) is 25.4. The molecule has 3 aromatic rings. The van der Waals surface area contributed by atoms with Gasteiger partial charge in [-0.2, -0.15) is 4.98 Å². The summed E-state index contributed by atoms with van der Waals surface area (Å²) in [5.41, 5.74) is 2.70. The number of benzene rings is 2. The monoisotopic (exact) mass is 584 g/mol. The lowest BCUT2D eigenvalue weighted by Crippen LogP contribution is -2.52. The van der Waals surface area contributed by atoms with E-state index in [1.807, 2.05) is 43.7 Å². The van der Waals surface area contributed by atoms with Crippen molar-refractivity contribution in [1.29, 1.82) is 0 Å². The van der Waals surface area contributed by atoms with Gasteiger partial charge in [0.2, 0.25) is 5.95 Å². The van der Waals surface area contributed by atoms with E-state index in [1.165, 1.54) is 25.9 Å². The minimum Gasteiger partial charge on any atom is -0.494 e. The summed E-state index contributed by atoms with van der Waals surface area (Å²) in [6, 6.07) is 14.6. The van der Waals surface area contributed by atoms with Gasteiger partial charge >= 0.3 is 0 Å². The van der Waals surface area contributed by atoms with Crippen molar-refractivity contribution in [2.75, 3.05) is 82.3 Å². The number of piperidine rings is 1. The van der Waals surface area contributed by atoms with E-state index < -0.39 is 7.49 Å². The van der Waals surface area contributed by atoms with Crippen LogP contribution >= 0.6 is 19.1 Å². The molecule has 2 saturated heterocycles. The lowest BCUT2D eigenvalue weighted by Gasteiger charge is -2.42. The molecule has 214 valence electrons. The Balaban J connectivity index is 1.27. The molecule has 1 aromatic heterocycles. The molecule has 0 atom stereocenters. The molecule has 3 N–H and O–H groups in total. The fraction of sp³-hybridized carbons (Fsp3) is 0.448. The van der Waals surface area contributed by atoms with Crippen LogP contribution in [-0.2, 0) is 0 Å². The van der Waals surface area contributed by atoms with Crippen LogP contribution < -0.4 is 25.6 Å². The van der Waals surface area contributed by atoms with Gasteiger partial charge in [-0.3, -0.25) is 4.90 Å². The van der Waals surface area contributed by atoms with Gasteiger partial charge in [0.15, 0.2) is 13.3 Å². The van der Waals surface area contributed by atoms with E-state index in [4.69, 9.17) is 16.3 Å². The van der Waals surface area contributed by atoms with Gasteiger partial charge in [0.25, 0.3) is 0 Å². The molecule has 0 amide bonds. The summed E-state index contributed by atoms with van der Waals surface area (Å²) in [5.74, 6) is 1.57. The van der Waals surface area contributed by atoms with Crippen LogP contribution in [-0.4, -0.2) is 97.5 Å². The Labute approximate surface area is 242 Å². The molecule has 40 heavy (non-hydrogen) atoms. The third-order valence-corrected chi connectivity index (χ3v) is 9.65. The van der Waals surface area contributed by atoms with E-state index in [0.29, 0.717) is 22.8 Å². The molecule has 2 aliphatic heterocycles. The van der Waals surface area contributed by atoms with Crippen LogP contribution in [0.4, 0.5) is 28.8 Å². The number of hydrogen-bond donors (Lipinski definition) is 3. The second kappa shape index (κ2) is 12.5. The van der Waals surface area contributed by atoms with Crippen molar-refractivity contribution >= 4 is 53.2 Å². The van der Waals surface area contributed by atoms with Crippen LogP contribution in [0.25, 0.3) is 0 Å². The number of nitrogens with zero attached hydrogens (tertiary/aromatic N) is 5. The van der Waals surface area contributed by atoms with Crippen LogP contribution in [0.3, 0.4) is 0 Å². The molecule has 11 heteroatoms. The predicted octanol–water partition coefficient (Wildman–Crippen LogP) is 4.65. The van der Waals surface area contributed by atoms with Gasteiger partial charge in [-0.15, -0.1) is 0 Å². The Hall–Kier alpha value is -2.68. The molecule has 0 bridgehead atoms.